The number of rotatable bonds is 4. The van der Waals surface area contributed by atoms with Crippen LogP contribution in [-0.4, -0.2) is 34.3 Å². The van der Waals surface area contributed by atoms with E-state index in [1.807, 2.05) is 0 Å². The van der Waals surface area contributed by atoms with Crippen LogP contribution < -0.4 is 11.1 Å². The molecule has 3 N–H and O–H groups in total. The Morgan fingerprint density at radius 2 is 2.00 bits per heavy atom. The number of carbonyl (C=O) groups is 3. The number of primary amides is 1. The lowest BCUT2D eigenvalue weighted by atomic mass is 10.2. The third-order valence-electron chi connectivity index (χ3n) is 3.76. The van der Waals surface area contributed by atoms with E-state index < -0.39 is 36.3 Å². The molecule has 0 fully saturated rings. The van der Waals surface area contributed by atoms with Gasteiger partial charge in [-0.15, -0.1) is 11.3 Å². The number of benzene rings is 1. The molecule has 0 aliphatic heterocycles. The van der Waals surface area contributed by atoms with Gasteiger partial charge in [-0.05, 0) is 31.2 Å². The third kappa shape index (κ3) is 4.37. The lowest BCUT2D eigenvalue weighted by Crippen LogP contribution is -2.37. The Morgan fingerprint density at radius 3 is 2.66 bits per heavy atom. The number of nitrogens with zero attached hydrogens (tertiary/aromatic N) is 2. The Balaban J connectivity index is 1.89. The molecule has 2 aromatic heterocycles. The highest BCUT2D eigenvalue weighted by Crippen LogP contribution is 2.33. The van der Waals surface area contributed by atoms with Crippen LogP contribution in [0.5, 0.6) is 0 Å². The monoisotopic (exact) mass is 426 g/mol. The predicted octanol–water partition coefficient (Wildman–Crippen LogP) is 2.77. The highest BCUT2D eigenvalue weighted by atomic mass is 32.1. The predicted molar refractivity (Wildman–Crippen MR) is 96.7 cm³/mol. The minimum Gasteiger partial charge on any atom is -0.451 e. The van der Waals surface area contributed by atoms with Crippen molar-refractivity contribution in [1.82, 2.24) is 15.1 Å². The Labute approximate surface area is 165 Å². The number of hydrogen-bond donors (Lipinski definition) is 2. The van der Waals surface area contributed by atoms with Crippen molar-refractivity contribution < 1.29 is 32.3 Å². The molecule has 3 aromatic rings. The Morgan fingerprint density at radius 1 is 1.28 bits per heavy atom. The zero-order chi connectivity index (χ0) is 21.3. The van der Waals surface area contributed by atoms with Crippen LogP contribution in [0.2, 0.25) is 0 Å². The normalized spacial score (nSPS) is 11.4. The summed E-state index contributed by atoms with van der Waals surface area (Å²) in [6.45, 7) is 0.934. The number of thiophene rings is 1. The molecule has 0 saturated heterocycles. The molecule has 152 valence electrons. The molecule has 0 saturated carbocycles. The Kier molecular flexibility index (Phi) is 5.29. The number of ether oxygens (including phenoxy) is 1. The van der Waals surface area contributed by atoms with Crippen LogP contribution >= 0.6 is 11.3 Å². The summed E-state index contributed by atoms with van der Waals surface area (Å²) < 4.78 is 45.1. The number of carbonyl (C=O) groups excluding carboxylic acids is 3. The zero-order valence-electron chi connectivity index (χ0n) is 14.7. The maximum absolute atomic E-state index is 13.0. The summed E-state index contributed by atoms with van der Waals surface area (Å²) in [4.78, 5) is 34.6. The molecular weight excluding hydrogens is 413 g/mol. The van der Waals surface area contributed by atoms with E-state index in [2.05, 4.69) is 5.10 Å². The van der Waals surface area contributed by atoms with Crippen LogP contribution in [0.1, 0.15) is 20.9 Å². The summed E-state index contributed by atoms with van der Waals surface area (Å²) in [5.74, 6) is -1.72. The van der Waals surface area contributed by atoms with Crippen molar-refractivity contribution in [2.24, 2.45) is 5.73 Å². The molecule has 0 unspecified atom stereocenters. The van der Waals surface area contributed by atoms with Gasteiger partial charge in [0.2, 0.25) is 0 Å². The molecular formula is C17H13F3N4O4S. The Bertz CT molecular complexity index is 1120. The standard InChI is InChI=1S/C17H13F3N4O4S/c1-8-11-6-12(15(26)28-7-13(25)22-16(21)27)29-14(11)24(23-8)10-4-2-3-9(5-10)17(18,19)20/h2-6H,7H2,1H3,(H3,21,22,25,27). The van der Waals surface area contributed by atoms with Gasteiger partial charge in [-0.1, -0.05) is 6.07 Å². The number of urea groups is 1. The van der Waals surface area contributed by atoms with E-state index in [1.54, 1.807) is 12.2 Å². The summed E-state index contributed by atoms with van der Waals surface area (Å²) in [6, 6.07) is 5.03. The molecule has 3 rings (SSSR count). The second kappa shape index (κ2) is 7.54. The first kappa shape index (κ1) is 20.3. The average molecular weight is 426 g/mol. The van der Waals surface area contributed by atoms with Crippen molar-refractivity contribution in [1.29, 1.82) is 0 Å². The number of imide groups is 1. The minimum atomic E-state index is -4.51. The van der Waals surface area contributed by atoms with Crippen LogP contribution in [0.3, 0.4) is 0 Å². The first-order chi connectivity index (χ1) is 13.6. The number of halogens is 3. The van der Waals surface area contributed by atoms with Crippen LogP contribution in [0.15, 0.2) is 30.3 Å². The number of alkyl halides is 3. The van der Waals surface area contributed by atoms with Crippen molar-refractivity contribution >= 4 is 39.5 Å². The van der Waals surface area contributed by atoms with E-state index in [0.717, 1.165) is 23.5 Å². The highest BCUT2D eigenvalue weighted by Gasteiger charge is 2.31. The molecule has 0 aliphatic rings. The molecule has 3 amide bonds. The smallest absolute Gasteiger partial charge is 0.416 e. The number of aromatic nitrogens is 2. The summed E-state index contributed by atoms with van der Waals surface area (Å²) in [7, 11) is 0. The molecule has 0 atom stereocenters. The lowest BCUT2D eigenvalue weighted by molar-refractivity contribution is -0.137. The quantitative estimate of drug-likeness (QED) is 0.623. The molecule has 12 heteroatoms. The topological polar surface area (TPSA) is 116 Å². The number of amides is 3. The third-order valence-corrected chi connectivity index (χ3v) is 4.85. The van der Waals surface area contributed by atoms with Gasteiger partial charge in [0.15, 0.2) is 6.61 Å². The molecule has 0 bridgehead atoms. The fourth-order valence-corrected chi connectivity index (χ4v) is 3.59. The van der Waals surface area contributed by atoms with Crippen molar-refractivity contribution in [2.45, 2.75) is 13.1 Å². The zero-order valence-corrected chi connectivity index (χ0v) is 15.6. The lowest BCUT2D eigenvalue weighted by Gasteiger charge is -2.09. The maximum Gasteiger partial charge on any atom is 0.416 e. The van der Waals surface area contributed by atoms with Crippen molar-refractivity contribution in [3.8, 4) is 5.69 Å². The van der Waals surface area contributed by atoms with Crippen LogP contribution in [0.25, 0.3) is 15.9 Å². The van der Waals surface area contributed by atoms with Gasteiger partial charge in [0.25, 0.3) is 5.91 Å². The van der Waals surface area contributed by atoms with Gasteiger partial charge in [-0.3, -0.25) is 10.1 Å². The molecule has 2 heterocycles. The highest BCUT2D eigenvalue weighted by molar-refractivity contribution is 7.20. The van der Waals surface area contributed by atoms with Crippen LogP contribution in [0.4, 0.5) is 18.0 Å². The molecule has 0 spiro atoms. The van der Waals surface area contributed by atoms with Gasteiger partial charge < -0.3 is 10.5 Å². The van der Waals surface area contributed by atoms with E-state index >= 15 is 0 Å². The largest absolute Gasteiger partial charge is 0.451 e. The van der Waals surface area contributed by atoms with Gasteiger partial charge in [0, 0.05) is 5.39 Å². The fourth-order valence-electron chi connectivity index (χ4n) is 2.51. The summed E-state index contributed by atoms with van der Waals surface area (Å²) in [5.41, 5.74) is 4.64. The van der Waals surface area contributed by atoms with Crippen molar-refractivity contribution in [3.05, 3.63) is 46.5 Å². The van der Waals surface area contributed by atoms with E-state index in [9.17, 15) is 27.6 Å². The number of aryl methyl sites for hydroxylation is 1. The van der Waals surface area contributed by atoms with Crippen LogP contribution in [0, 0.1) is 6.92 Å². The minimum absolute atomic E-state index is 0.119. The van der Waals surface area contributed by atoms with Gasteiger partial charge in [-0.25, -0.2) is 14.3 Å². The number of nitrogens with two attached hydrogens (primary N) is 1. The average Bonchev–Trinajstić information content (AvgIpc) is 3.19. The van der Waals surface area contributed by atoms with Gasteiger partial charge >= 0.3 is 18.2 Å². The van der Waals surface area contributed by atoms with E-state index in [-0.39, 0.29) is 10.6 Å². The second-order valence-corrected chi connectivity index (χ2v) is 6.89. The van der Waals surface area contributed by atoms with Crippen LogP contribution in [-0.2, 0) is 15.7 Å². The second-order valence-electron chi connectivity index (χ2n) is 5.86. The van der Waals surface area contributed by atoms with Gasteiger partial charge in [0.05, 0.1) is 16.9 Å². The molecule has 0 radical (unpaired) electrons. The summed E-state index contributed by atoms with van der Waals surface area (Å²) in [6.07, 6.45) is -4.51. The summed E-state index contributed by atoms with van der Waals surface area (Å²) >= 11 is 0.948. The molecule has 29 heavy (non-hydrogen) atoms. The SMILES string of the molecule is Cc1nn(-c2cccc(C(F)(F)F)c2)c2sc(C(=O)OCC(=O)NC(N)=O)cc12. The first-order valence-corrected chi connectivity index (χ1v) is 8.81. The van der Waals surface area contributed by atoms with Crippen molar-refractivity contribution in [2.75, 3.05) is 6.61 Å². The molecule has 0 aliphatic carbocycles. The Hall–Kier alpha value is -3.41. The number of hydrogen-bond acceptors (Lipinski definition) is 6. The first-order valence-electron chi connectivity index (χ1n) is 7.99. The van der Waals surface area contributed by atoms with E-state index in [1.165, 1.54) is 22.9 Å². The van der Waals surface area contributed by atoms with Gasteiger partial charge in [-0.2, -0.15) is 18.3 Å². The number of nitrogens with one attached hydrogen (secondary N) is 1. The van der Waals surface area contributed by atoms with Gasteiger partial charge in [0.1, 0.15) is 9.71 Å². The summed E-state index contributed by atoms with van der Waals surface area (Å²) in [5, 5.41) is 6.55. The maximum atomic E-state index is 13.0. The number of fused-ring (bicyclic) bond motifs is 1. The molecule has 1 aromatic carbocycles. The number of esters is 1. The fraction of sp³-hybridized carbons (Fsp3) is 0.176. The van der Waals surface area contributed by atoms with Crippen molar-refractivity contribution in [3.63, 3.8) is 0 Å². The van der Waals surface area contributed by atoms with E-state index in [4.69, 9.17) is 10.5 Å². The molecule has 8 nitrogen and oxygen atoms in total. The van der Waals surface area contributed by atoms with E-state index in [0.29, 0.717) is 15.9 Å².